The third kappa shape index (κ3) is 6.64. The van der Waals surface area contributed by atoms with Crippen LogP contribution in [0.2, 0.25) is 10.0 Å². The van der Waals surface area contributed by atoms with Crippen LogP contribution in [0.5, 0.6) is 5.75 Å². The molecule has 1 amide bonds. The number of carboxylic acids is 1. The van der Waals surface area contributed by atoms with Crippen molar-refractivity contribution in [1.29, 1.82) is 0 Å². The van der Waals surface area contributed by atoms with Crippen molar-refractivity contribution in [2.24, 2.45) is 0 Å². The Morgan fingerprint density at radius 1 is 1.14 bits per heavy atom. The van der Waals surface area contributed by atoms with E-state index in [9.17, 15) is 9.59 Å². The fourth-order valence-corrected chi connectivity index (χ4v) is 5.34. The number of benzene rings is 2. The molecule has 0 atom stereocenters. The minimum Gasteiger partial charge on any atom is -0.494 e. The molecule has 1 fully saturated rings. The highest BCUT2D eigenvalue weighted by Crippen LogP contribution is 2.33. The van der Waals surface area contributed by atoms with Crippen LogP contribution >= 0.6 is 47.2 Å². The molecule has 0 radical (unpaired) electrons. The number of thiocarbonyl (C=S) groups is 1. The van der Waals surface area contributed by atoms with Crippen molar-refractivity contribution in [3.63, 3.8) is 0 Å². The van der Waals surface area contributed by atoms with E-state index in [1.165, 1.54) is 11.8 Å². The normalized spacial score (nSPS) is 14.5. The Bertz CT molecular complexity index is 1360. The van der Waals surface area contributed by atoms with Gasteiger partial charge in [-0.05, 0) is 60.5 Å². The Kier molecular flexibility index (Phi) is 8.64. The third-order valence-corrected chi connectivity index (χ3v) is 7.10. The van der Waals surface area contributed by atoms with Gasteiger partial charge in [0.2, 0.25) is 0 Å². The van der Waals surface area contributed by atoms with Crippen LogP contribution < -0.4 is 4.74 Å². The number of carbonyl (C=O) groups is 2. The van der Waals surface area contributed by atoms with Crippen molar-refractivity contribution < 1.29 is 19.4 Å². The number of aromatic nitrogens is 1. The number of hydrogen-bond donors (Lipinski definition) is 1. The Morgan fingerprint density at radius 2 is 1.94 bits per heavy atom. The van der Waals surface area contributed by atoms with E-state index in [4.69, 9.17) is 45.3 Å². The summed E-state index contributed by atoms with van der Waals surface area (Å²) in [7, 11) is 0. The van der Waals surface area contributed by atoms with Crippen LogP contribution in [-0.2, 0) is 16.0 Å². The summed E-state index contributed by atoms with van der Waals surface area (Å²) in [6.07, 6.45) is 2.22. The van der Waals surface area contributed by atoms with Crippen LogP contribution in [-0.4, -0.2) is 44.3 Å². The van der Waals surface area contributed by atoms with Crippen LogP contribution in [0.4, 0.5) is 0 Å². The Labute approximate surface area is 227 Å². The molecular weight excluding hydrogens is 539 g/mol. The van der Waals surface area contributed by atoms with Crippen LogP contribution in [0.25, 0.3) is 17.3 Å². The Balaban J connectivity index is 1.37. The largest absolute Gasteiger partial charge is 0.494 e. The lowest BCUT2D eigenvalue weighted by molar-refractivity contribution is -0.136. The van der Waals surface area contributed by atoms with Gasteiger partial charge >= 0.3 is 5.97 Å². The van der Waals surface area contributed by atoms with E-state index in [0.29, 0.717) is 61.5 Å². The highest BCUT2D eigenvalue weighted by atomic mass is 35.5. The second kappa shape index (κ2) is 11.9. The molecule has 1 aliphatic heterocycles. The van der Waals surface area contributed by atoms with Crippen molar-refractivity contribution in [3.05, 3.63) is 86.9 Å². The number of aliphatic carboxylic acids is 1. The number of pyridine rings is 1. The van der Waals surface area contributed by atoms with E-state index in [0.717, 1.165) is 5.56 Å². The summed E-state index contributed by atoms with van der Waals surface area (Å²) in [5.74, 6) is -0.485. The molecule has 3 aromatic rings. The third-order valence-electron chi connectivity index (χ3n) is 5.18. The van der Waals surface area contributed by atoms with Crippen molar-refractivity contribution in [1.82, 2.24) is 9.88 Å². The van der Waals surface area contributed by atoms with Gasteiger partial charge in [-0.2, -0.15) is 0 Å². The van der Waals surface area contributed by atoms with E-state index in [1.54, 1.807) is 53.4 Å². The van der Waals surface area contributed by atoms with Crippen molar-refractivity contribution in [2.75, 3.05) is 13.2 Å². The van der Waals surface area contributed by atoms with E-state index in [-0.39, 0.29) is 12.3 Å². The summed E-state index contributed by atoms with van der Waals surface area (Å²) in [6, 6.07) is 17.7. The van der Waals surface area contributed by atoms with Gasteiger partial charge in [0.15, 0.2) is 0 Å². The lowest BCUT2D eigenvalue weighted by atomic mass is 10.1. The summed E-state index contributed by atoms with van der Waals surface area (Å²) in [4.78, 5) is 30.5. The molecule has 1 N–H and O–H groups in total. The number of amides is 1. The molecule has 2 heterocycles. The molecule has 10 heteroatoms. The van der Waals surface area contributed by atoms with Crippen molar-refractivity contribution >= 4 is 69.5 Å². The molecule has 1 saturated heterocycles. The fourth-order valence-electron chi connectivity index (χ4n) is 3.54. The molecule has 1 aromatic heterocycles. The lowest BCUT2D eigenvalue weighted by Crippen LogP contribution is -2.29. The lowest BCUT2D eigenvalue weighted by Gasteiger charge is -2.14. The zero-order valence-corrected chi connectivity index (χ0v) is 22.0. The van der Waals surface area contributed by atoms with Gasteiger partial charge in [0.05, 0.1) is 34.3 Å². The topological polar surface area (TPSA) is 79.7 Å². The second-order valence-electron chi connectivity index (χ2n) is 7.83. The van der Waals surface area contributed by atoms with Crippen LogP contribution in [0.3, 0.4) is 0 Å². The van der Waals surface area contributed by atoms with E-state index >= 15 is 0 Å². The molecule has 0 saturated carbocycles. The number of thioether (sulfide) groups is 1. The number of rotatable bonds is 9. The van der Waals surface area contributed by atoms with Gasteiger partial charge in [-0.1, -0.05) is 65.4 Å². The second-order valence-corrected chi connectivity index (χ2v) is 10.3. The van der Waals surface area contributed by atoms with Crippen LogP contribution in [0.1, 0.15) is 17.7 Å². The van der Waals surface area contributed by atoms with Gasteiger partial charge in [0.25, 0.3) is 5.91 Å². The average molecular weight is 559 g/mol. The molecule has 2 aromatic carbocycles. The van der Waals surface area contributed by atoms with Crippen LogP contribution in [0.15, 0.2) is 65.6 Å². The first-order chi connectivity index (χ1) is 17.3. The van der Waals surface area contributed by atoms with E-state index in [2.05, 4.69) is 4.98 Å². The predicted molar refractivity (Wildman–Crippen MR) is 147 cm³/mol. The molecule has 184 valence electrons. The zero-order chi connectivity index (χ0) is 25.7. The average Bonchev–Trinajstić information content (AvgIpc) is 3.09. The summed E-state index contributed by atoms with van der Waals surface area (Å²) in [5.41, 5.74) is 2.70. The highest BCUT2D eigenvalue weighted by Gasteiger charge is 2.31. The van der Waals surface area contributed by atoms with E-state index in [1.807, 2.05) is 18.2 Å². The minimum atomic E-state index is -0.898. The number of carboxylic acid groups (broad SMARTS) is 1. The van der Waals surface area contributed by atoms with Gasteiger partial charge in [0.1, 0.15) is 10.1 Å². The summed E-state index contributed by atoms with van der Waals surface area (Å²) in [6.45, 7) is 0.767. The number of carbonyl (C=O) groups excluding carboxylic acids is 1. The number of nitrogens with zero attached hydrogens (tertiary/aromatic N) is 2. The first-order valence-corrected chi connectivity index (χ1v) is 12.9. The van der Waals surface area contributed by atoms with E-state index < -0.39 is 5.97 Å². The SMILES string of the molecule is O=C(O)Cc1cccc(OCCCN2C(=O)/C(=C/c3cccc(-c4ccc(Cl)cc4Cl)n3)SC2=S)c1. The first kappa shape index (κ1) is 26.2. The molecule has 0 aliphatic carbocycles. The molecular formula is C26H20Cl2N2O4S2. The number of ether oxygens (including phenoxy) is 1. The van der Waals surface area contributed by atoms with Gasteiger partial charge in [-0.25, -0.2) is 4.98 Å². The quantitative estimate of drug-likeness (QED) is 0.186. The summed E-state index contributed by atoms with van der Waals surface area (Å²) in [5, 5.41) is 9.97. The van der Waals surface area contributed by atoms with Gasteiger partial charge < -0.3 is 9.84 Å². The minimum absolute atomic E-state index is 0.0649. The molecule has 0 unspecified atom stereocenters. The van der Waals surface area contributed by atoms with Crippen molar-refractivity contribution in [2.45, 2.75) is 12.8 Å². The molecule has 0 spiro atoms. The Hall–Kier alpha value is -2.91. The maximum Gasteiger partial charge on any atom is 0.307 e. The summed E-state index contributed by atoms with van der Waals surface area (Å²) >= 11 is 19.0. The zero-order valence-electron chi connectivity index (χ0n) is 18.8. The molecule has 1 aliphatic rings. The first-order valence-electron chi connectivity index (χ1n) is 10.9. The smallest absolute Gasteiger partial charge is 0.307 e. The monoisotopic (exact) mass is 558 g/mol. The van der Waals surface area contributed by atoms with Gasteiger partial charge in [-0.15, -0.1) is 0 Å². The molecule has 6 nitrogen and oxygen atoms in total. The maximum absolute atomic E-state index is 13.0. The van der Waals surface area contributed by atoms with Crippen LogP contribution in [0, 0.1) is 0 Å². The Morgan fingerprint density at radius 3 is 2.72 bits per heavy atom. The number of hydrogen-bond acceptors (Lipinski definition) is 6. The standard InChI is InChI=1S/C26H20Cl2N2O4S2/c27-17-8-9-20(21(28)14-17)22-7-2-5-18(29-22)15-23-25(33)30(26(35)36-23)10-3-11-34-19-6-1-4-16(12-19)13-24(31)32/h1-2,4-9,12,14-15H,3,10-11,13H2,(H,31,32)/b23-15-. The number of halogens is 2. The highest BCUT2D eigenvalue weighted by molar-refractivity contribution is 8.26. The maximum atomic E-state index is 13.0. The predicted octanol–water partition coefficient (Wildman–Crippen LogP) is 6.35. The fraction of sp³-hybridized carbons (Fsp3) is 0.154. The molecule has 36 heavy (non-hydrogen) atoms. The molecule has 4 rings (SSSR count). The van der Waals surface area contributed by atoms with Gasteiger partial charge in [0, 0.05) is 17.1 Å². The van der Waals surface area contributed by atoms with Crippen molar-refractivity contribution in [3.8, 4) is 17.0 Å². The summed E-state index contributed by atoms with van der Waals surface area (Å²) < 4.78 is 6.21. The molecule has 0 bridgehead atoms. The van der Waals surface area contributed by atoms with Gasteiger partial charge in [-0.3, -0.25) is 14.5 Å².